The van der Waals surface area contributed by atoms with Crippen molar-refractivity contribution in [2.45, 2.75) is 103 Å². The van der Waals surface area contributed by atoms with Crippen molar-refractivity contribution in [3.05, 3.63) is 124 Å². The van der Waals surface area contributed by atoms with Crippen molar-refractivity contribution < 1.29 is 65.9 Å². The van der Waals surface area contributed by atoms with Gasteiger partial charge >= 0.3 is 6.09 Å². The van der Waals surface area contributed by atoms with E-state index >= 15 is 0 Å². The molecule has 1 fully saturated rings. The third kappa shape index (κ3) is 16.8. The molecule has 23 heteroatoms. The van der Waals surface area contributed by atoms with E-state index in [0.29, 0.717) is 76.8 Å². The number of aromatic nitrogens is 2. The summed E-state index contributed by atoms with van der Waals surface area (Å²) in [5.41, 5.74) is 16.4. The molecule has 1 saturated heterocycles. The summed E-state index contributed by atoms with van der Waals surface area (Å²) >= 11 is 0. The molecule has 0 bridgehead atoms. The molecule has 5 aromatic rings. The van der Waals surface area contributed by atoms with E-state index in [2.05, 4.69) is 33.2 Å². The first-order chi connectivity index (χ1) is 40.9. The number of carbonyl (C=O) groups excluding carboxylic acids is 5. The van der Waals surface area contributed by atoms with Crippen molar-refractivity contribution in [1.29, 1.82) is 0 Å². The lowest BCUT2D eigenvalue weighted by Crippen LogP contribution is -2.62. The summed E-state index contributed by atoms with van der Waals surface area (Å²) in [4.78, 5) is 71.1. The Morgan fingerprint density at radius 3 is 2.12 bits per heavy atom. The van der Waals surface area contributed by atoms with E-state index in [1.54, 1.807) is 48.0 Å². The van der Waals surface area contributed by atoms with E-state index < -0.39 is 47.2 Å². The number of piperidine rings is 1. The van der Waals surface area contributed by atoms with E-state index in [1.807, 2.05) is 51.1 Å². The highest BCUT2D eigenvalue weighted by Gasteiger charge is 2.43. The number of carbonyl (C=O) groups is 5. The number of nitrogens with one attached hydrogen (secondary N) is 3. The number of aryl methyl sites for hydroxylation is 1. The van der Waals surface area contributed by atoms with Gasteiger partial charge in [0.05, 0.1) is 71.0 Å². The predicted octanol–water partition coefficient (Wildman–Crippen LogP) is 6.81. The van der Waals surface area contributed by atoms with Crippen LogP contribution in [0.4, 0.5) is 19.4 Å². The van der Waals surface area contributed by atoms with Crippen LogP contribution in [0.1, 0.15) is 98.1 Å². The first kappa shape index (κ1) is 63.3. The third-order valence-electron chi connectivity index (χ3n) is 15.3. The van der Waals surface area contributed by atoms with Gasteiger partial charge in [0.1, 0.15) is 59.7 Å². The molecular weight excluding hydrogens is 1100 g/mol. The molecule has 3 heterocycles. The summed E-state index contributed by atoms with van der Waals surface area (Å²) in [5, 5.41) is 13.9. The van der Waals surface area contributed by atoms with Crippen molar-refractivity contribution in [3.63, 3.8) is 0 Å². The number of nitrogens with two attached hydrogens (primary N) is 2. The number of hydrogen-bond donors (Lipinski definition) is 5. The zero-order valence-electron chi connectivity index (χ0n) is 49.0. The van der Waals surface area contributed by atoms with Gasteiger partial charge < -0.3 is 70.4 Å². The highest BCUT2D eigenvalue weighted by atomic mass is 19.1. The Morgan fingerprint density at radius 1 is 0.776 bits per heavy atom. The van der Waals surface area contributed by atoms with Crippen LogP contribution in [0.3, 0.4) is 0 Å². The average molecular weight is 1180 g/mol. The number of benzene rings is 4. The van der Waals surface area contributed by atoms with Gasteiger partial charge in [0.25, 0.3) is 5.91 Å². The van der Waals surface area contributed by atoms with Crippen LogP contribution in [0.2, 0.25) is 0 Å². The van der Waals surface area contributed by atoms with Crippen LogP contribution in [-0.2, 0) is 57.5 Å². The predicted molar refractivity (Wildman–Crippen MR) is 312 cm³/mol. The van der Waals surface area contributed by atoms with Crippen LogP contribution >= 0.6 is 0 Å². The van der Waals surface area contributed by atoms with Gasteiger partial charge in [-0.2, -0.15) is 5.10 Å². The van der Waals surface area contributed by atoms with Crippen LogP contribution in [0.15, 0.2) is 84.9 Å². The summed E-state index contributed by atoms with van der Waals surface area (Å²) in [5.74, 6) is -2.49. The summed E-state index contributed by atoms with van der Waals surface area (Å²) in [6, 6.07) is 20.4. The maximum absolute atomic E-state index is 14.7. The van der Waals surface area contributed by atoms with Gasteiger partial charge in [0, 0.05) is 37.7 Å². The molecule has 21 nitrogen and oxygen atoms in total. The molecule has 0 saturated carbocycles. The van der Waals surface area contributed by atoms with Crippen LogP contribution in [-0.4, -0.2) is 154 Å². The number of hydrogen-bond acceptors (Lipinski definition) is 15. The number of rotatable bonds is 27. The average Bonchev–Trinajstić information content (AvgIpc) is 2.48. The van der Waals surface area contributed by atoms with Crippen molar-refractivity contribution in [2.24, 2.45) is 11.1 Å². The second kappa shape index (κ2) is 29.9. The summed E-state index contributed by atoms with van der Waals surface area (Å²) in [6.07, 6.45) is 3.73. The van der Waals surface area contributed by atoms with Gasteiger partial charge in [-0.25, -0.2) is 18.3 Å². The molecule has 3 aliphatic rings. The lowest BCUT2D eigenvalue weighted by molar-refractivity contribution is -0.147. The monoisotopic (exact) mass is 1180 g/mol. The van der Waals surface area contributed by atoms with Gasteiger partial charge in [-0.1, -0.05) is 51.1 Å². The Labute approximate surface area is 494 Å². The highest BCUT2D eigenvalue weighted by molar-refractivity contribution is 6.03. The lowest BCUT2D eigenvalue weighted by atomic mass is 9.83. The Hall–Kier alpha value is -7.70. The molecule has 1 aromatic heterocycles. The summed E-state index contributed by atoms with van der Waals surface area (Å²) < 4.78 is 68.7. The number of nitrogens with zero attached hydrogens (tertiary/aromatic N) is 4. The minimum atomic E-state index is -0.896. The molecule has 8 rings (SSSR count). The smallest absolute Gasteiger partial charge is 0.409 e. The SMILES string of the molecule is CN[C@@H](C)C(=O)N[C@H](C(=O)N1Cc2cc(OCCOCCOCCOCCOCCOC(=O)N3CCC[C@@H](n4nc(-c5ccc(Oc6ccc(F)cc6F)cc5)c(C(N)=O)c4N)C3)ccc2C[C@H]1C(=O)N[C@@H]1CCCc2ccccc21)C(C)(C)C. The van der Waals surface area contributed by atoms with E-state index in [-0.39, 0.29) is 97.9 Å². The number of ether oxygens (including phenoxy) is 7. The minimum absolute atomic E-state index is 0.0168. The van der Waals surface area contributed by atoms with E-state index in [0.717, 1.165) is 48.1 Å². The minimum Gasteiger partial charge on any atom is -0.491 e. The van der Waals surface area contributed by atoms with Crippen LogP contribution in [0.25, 0.3) is 11.3 Å². The molecule has 0 radical (unpaired) electrons. The number of nitrogen functional groups attached to an aromatic ring is 1. The zero-order chi connectivity index (χ0) is 60.6. The molecule has 2 aliphatic heterocycles. The van der Waals surface area contributed by atoms with Gasteiger partial charge in [0.2, 0.25) is 17.7 Å². The Balaban J connectivity index is 0.702. The lowest BCUT2D eigenvalue weighted by Gasteiger charge is -2.41. The molecule has 7 N–H and O–H groups in total. The Bertz CT molecular complexity index is 3100. The second-order valence-electron chi connectivity index (χ2n) is 22.4. The molecule has 0 unspecified atom stereocenters. The van der Waals surface area contributed by atoms with Crippen molar-refractivity contribution in [3.8, 4) is 28.5 Å². The number of amides is 5. The third-order valence-corrected chi connectivity index (χ3v) is 15.3. The summed E-state index contributed by atoms with van der Waals surface area (Å²) in [7, 11) is 1.69. The molecule has 5 amide bonds. The fraction of sp³-hybridized carbons (Fsp3) is 0.484. The van der Waals surface area contributed by atoms with Gasteiger partial charge in [0.15, 0.2) is 11.6 Å². The normalized spacial score (nSPS) is 17.5. The molecule has 0 spiro atoms. The fourth-order valence-corrected chi connectivity index (χ4v) is 10.6. The highest BCUT2D eigenvalue weighted by Crippen LogP contribution is 2.36. The second-order valence-corrected chi connectivity index (χ2v) is 22.4. The van der Waals surface area contributed by atoms with Crippen molar-refractivity contribution >= 4 is 35.5 Å². The maximum Gasteiger partial charge on any atom is 0.409 e. The zero-order valence-corrected chi connectivity index (χ0v) is 49.0. The molecular formula is C62H79F2N9O12. The first-order valence-electron chi connectivity index (χ1n) is 28.9. The molecule has 85 heavy (non-hydrogen) atoms. The van der Waals surface area contributed by atoms with Crippen molar-refractivity contribution in [2.75, 3.05) is 91.9 Å². The standard InChI is InChI=1S/C62H79F2N9O12/c1-39(67-5)58(75)69-55(62(2,3)4)60(77)72-37-43-34-47(21-17-42(43)35-51(72)59(76)68-50-14-8-11-40-10-6-7-13-48(40)50)83-32-30-81-28-26-79-24-25-80-27-29-82-31-33-84-61(78)71-23-9-12-45(38-71)73-56(65)53(57(66)74)54(70-73)41-15-19-46(20-16-41)85-52-22-18-44(63)36-49(52)64/h6-7,10,13,15-22,34,36,39,45,50-51,55,67H,8-9,11-12,14,23-33,35,37-38,65H2,1-5H3,(H2,66,74)(H,68,76)(H,69,75)/t39-,45+,50+,51-,55+/m0/s1. The number of anilines is 1. The van der Waals surface area contributed by atoms with E-state index in [1.165, 1.54) is 16.3 Å². The largest absolute Gasteiger partial charge is 0.491 e. The van der Waals surface area contributed by atoms with Gasteiger partial charge in [-0.3, -0.25) is 19.2 Å². The number of fused-ring (bicyclic) bond motifs is 2. The van der Waals surface area contributed by atoms with E-state index in [9.17, 15) is 32.8 Å². The van der Waals surface area contributed by atoms with E-state index in [4.69, 9.17) is 44.6 Å². The maximum atomic E-state index is 14.7. The molecule has 458 valence electrons. The van der Waals surface area contributed by atoms with Crippen LogP contribution in [0, 0.1) is 17.0 Å². The van der Waals surface area contributed by atoms with Crippen LogP contribution in [0.5, 0.6) is 17.2 Å². The van der Waals surface area contributed by atoms with Gasteiger partial charge in [-0.05, 0) is 122 Å². The number of halogens is 2. The van der Waals surface area contributed by atoms with Crippen molar-refractivity contribution in [1.82, 2.24) is 35.5 Å². The number of primary amides is 1. The first-order valence-corrected chi connectivity index (χ1v) is 28.9. The quantitative estimate of drug-likeness (QED) is 0.0339. The topological polar surface area (TPSA) is 262 Å². The Morgan fingerprint density at radius 2 is 1.45 bits per heavy atom. The Kier molecular flexibility index (Phi) is 22.3. The fourth-order valence-electron chi connectivity index (χ4n) is 10.6. The summed E-state index contributed by atoms with van der Waals surface area (Å²) in [6.45, 7) is 11.0. The molecule has 1 aliphatic carbocycles. The van der Waals surface area contributed by atoms with Crippen LogP contribution < -0.4 is 36.9 Å². The number of likely N-dealkylation sites (tertiary alicyclic amines) is 1. The molecule has 4 aromatic carbocycles. The van der Waals surface area contributed by atoms with Gasteiger partial charge in [-0.15, -0.1) is 0 Å². The number of likely N-dealkylation sites (N-methyl/N-ethyl adjacent to an activating group) is 1. The molecule has 5 atom stereocenters.